The maximum absolute atomic E-state index is 10.7. The van der Waals surface area contributed by atoms with E-state index in [1.807, 2.05) is 0 Å². The van der Waals surface area contributed by atoms with E-state index in [9.17, 15) is 13.2 Å². The minimum Gasteiger partial charge on any atom is -0.279 e. The topological polar surface area (TPSA) is 54.4 Å². The van der Waals surface area contributed by atoms with E-state index < -0.39 is 15.6 Å². The minimum absolute atomic E-state index is 1.10. The van der Waals surface area contributed by atoms with Gasteiger partial charge in [-0.1, -0.05) is 102 Å². The third-order valence-electron chi connectivity index (χ3n) is 5.76. The zero-order chi connectivity index (χ0) is 19.5. The molecular weight excluding hydrogens is 364 g/mol. The number of rotatable bonds is 1. The average molecular weight is 398 g/mol. The van der Waals surface area contributed by atoms with Crippen molar-refractivity contribution in [1.29, 1.82) is 0 Å². The lowest BCUT2D eigenvalue weighted by molar-refractivity contribution is -0.0510. The van der Waals surface area contributed by atoms with Crippen molar-refractivity contribution < 1.29 is 26.1 Å². The van der Waals surface area contributed by atoms with Crippen LogP contribution in [-0.2, 0) is 10.1 Å². The predicted molar refractivity (Wildman–Crippen MR) is 101 cm³/mol. The maximum Gasteiger partial charge on any atom is 0.522 e. The van der Waals surface area contributed by atoms with E-state index in [1.54, 1.807) is 26.5 Å². The summed E-state index contributed by atoms with van der Waals surface area (Å²) in [6.07, 6.45) is 22.9. The molecule has 1 N–H and O–H groups in total. The van der Waals surface area contributed by atoms with Gasteiger partial charge in [0.1, 0.15) is 7.28 Å². The van der Waals surface area contributed by atoms with Gasteiger partial charge in [0.15, 0.2) is 0 Å². The molecule has 2 fully saturated rings. The molecule has 0 amide bonds. The number of hydrogen-bond donors (Lipinski definition) is 1. The first-order valence-corrected chi connectivity index (χ1v) is 11.7. The van der Waals surface area contributed by atoms with Gasteiger partial charge in [-0.15, -0.1) is 0 Å². The first kappa shape index (κ1) is 23.8. The quantitative estimate of drug-likeness (QED) is 0.328. The van der Waals surface area contributed by atoms with Crippen LogP contribution in [0.4, 0.5) is 13.2 Å². The van der Waals surface area contributed by atoms with Gasteiger partial charge in [0.05, 0.1) is 0 Å². The van der Waals surface area contributed by atoms with E-state index in [0.29, 0.717) is 0 Å². The average Bonchev–Trinajstić information content (AvgIpc) is 2.76. The van der Waals surface area contributed by atoms with Gasteiger partial charge in [-0.05, 0) is 5.92 Å². The summed E-state index contributed by atoms with van der Waals surface area (Å²) < 4.78 is 57.5. The molecule has 1 aliphatic carbocycles. The van der Waals surface area contributed by atoms with Crippen LogP contribution >= 0.6 is 0 Å². The van der Waals surface area contributed by atoms with Gasteiger partial charge in [0, 0.05) is 0 Å². The highest BCUT2D eigenvalue weighted by Crippen LogP contribution is 2.36. The first-order valence-electron chi connectivity index (χ1n) is 10.3. The fourth-order valence-corrected chi connectivity index (χ4v) is 4.27. The third kappa shape index (κ3) is 10.2. The van der Waals surface area contributed by atoms with Gasteiger partial charge in [-0.2, -0.15) is 21.6 Å². The summed E-state index contributed by atoms with van der Waals surface area (Å²) in [5.41, 5.74) is -5.53. The van der Waals surface area contributed by atoms with Gasteiger partial charge < -0.3 is 0 Å². The Hall–Kier alpha value is -0.235. The molecule has 1 atom stereocenters. The van der Waals surface area contributed by atoms with Crippen molar-refractivity contribution >= 4 is 17.4 Å². The van der Waals surface area contributed by atoms with Crippen LogP contribution in [0, 0.1) is 5.92 Å². The maximum atomic E-state index is 10.7. The molecule has 0 spiro atoms. The number of alkyl halides is 3. The molecule has 154 valence electrons. The highest BCUT2D eigenvalue weighted by Gasteiger charge is 2.44. The second-order valence-electron chi connectivity index (χ2n) is 7.84. The van der Waals surface area contributed by atoms with Gasteiger partial charge >= 0.3 is 15.6 Å². The van der Waals surface area contributed by atoms with Crippen LogP contribution in [0.25, 0.3) is 0 Å². The molecule has 0 aromatic heterocycles. The Morgan fingerprint density at radius 1 is 0.731 bits per heavy atom. The Balaban J connectivity index is 0.000000359. The number of halogens is 3. The molecule has 3 nitrogen and oxygen atoms in total. The summed E-state index contributed by atoms with van der Waals surface area (Å²) in [5.74, 6) is 2.20. The van der Waals surface area contributed by atoms with Gasteiger partial charge in [-0.3, -0.25) is 4.55 Å². The van der Waals surface area contributed by atoms with E-state index in [4.69, 9.17) is 13.0 Å². The van der Waals surface area contributed by atoms with Crippen LogP contribution < -0.4 is 0 Å². The summed E-state index contributed by atoms with van der Waals surface area (Å²) in [6, 6.07) is 0. The predicted octanol–water partition coefficient (Wildman–Crippen LogP) is 6.13. The lowest BCUT2D eigenvalue weighted by Crippen LogP contribution is -2.21. The van der Waals surface area contributed by atoms with Gasteiger partial charge in [0.2, 0.25) is 0 Å². The molecule has 1 heterocycles. The zero-order valence-electron chi connectivity index (χ0n) is 15.8. The van der Waals surface area contributed by atoms with Gasteiger partial charge in [0.25, 0.3) is 0 Å². The molecule has 1 unspecified atom stereocenters. The molecule has 0 bridgehead atoms. The number of hydrogen-bond acceptors (Lipinski definition) is 2. The van der Waals surface area contributed by atoms with Crippen molar-refractivity contribution in [2.45, 2.75) is 108 Å². The summed E-state index contributed by atoms with van der Waals surface area (Å²) in [4.78, 5) is 0. The fourth-order valence-electron chi connectivity index (χ4n) is 4.27. The summed E-state index contributed by atoms with van der Waals surface area (Å²) in [6.45, 7) is 0. The normalized spacial score (nSPS) is 25.0. The Kier molecular flexibility index (Phi) is 11.2. The molecule has 8 heteroatoms. The van der Waals surface area contributed by atoms with Crippen molar-refractivity contribution in [2.24, 2.45) is 5.92 Å². The molecule has 26 heavy (non-hydrogen) atoms. The highest BCUT2D eigenvalue weighted by molar-refractivity contribution is 7.86. The highest BCUT2D eigenvalue weighted by atomic mass is 32.2. The van der Waals surface area contributed by atoms with E-state index >= 15 is 0 Å². The van der Waals surface area contributed by atoms with Crippen molar-refractivity contribution in [3.05, 3.63) is 0 Å². The SMILES string of the molecule is B1CCCCCCCC1C1CCCCCCCC1.O=S(=O)(O)C(F)(F)F. The molecule has 0 aromatic carbocycles. The Bertz CT molecular complexity index is 427. The van der Waals surface area contributed by atoms with Crippen molar-refractivity contribution in [2.75, 3.05) is 0 Å². The molecule has 1 saturated heterocycles. The van der Waals surface area contributed by atoms with Crippen LogP contribution in [-0.4, -0.2) is 25.8 Å². The van der Waals surface area contributed by atoms with E-state index in [-0.39, 0.29) is 0 Å². The molecular formula is C18H34BF3O3S. The second kappa shape index (κ2) is 12.3. The standard InChI is InChI=1S/C17H33B.CHF3O3S/c1-2-5-9-13-16(12-8-4-1)17-14-10-6-3-7-11-15-18-17;2-1(3,4)8(5,6)7/h16-18H,1-15H2;(H,5,6,7). The Labute approximate surface area is 157 Å². The Morgan fingerprint density at radius 3 is 1.58 bits per heavy atom. The van der Waals surface area contributed by atoms with E-state index in [2.05, 4.69) is 0 Å². The monoisotopic (exact) mass is 398 g/mol. The van der Waals surface area contributed by atoms with Crippen LogP contribution in [0.3, 0.4) is 0 Å². The lowest BCUT2D eigenvalue weighted by atomic mass is 9.54. The van der Waals surface area contributed by atoms with E-state index in [1.165, 1.54) is 76.9 Å². The molecule has 2 rings (SSSR count). The molecule has 1 saturated carbocycles. The Morgan fingerprint density at radius 2 is 1.12 bits per heavy atom. The molecule has 0 radical (unpaired) electrons. The summed E-state index contributed by atoms with van der Waals surface area (Å²) >= 11 is 0. The summed E-state index contributed by atoms with van der Waals surface area (Å²) in [5, 5.41) is 0. The van der Waals surface area contributed by atoms with Crippen molar-refractivity contribution in [3.8, 4) is 0 Å². The summed E-state index contributed by atoms with van der Waals surface area (Å²) in [7, 11) is -4.28. The van der Waals surface area contributed by atoms with Crippen LogP contribution in [0.2, 0.25) is 12.1 Å². The fraction of sp³-hybridized carbons (Fsp3) is 1.00. The van der Waals surface area contributed by atoms with Crippen molar-refractivity contribution in [3.63, 3.8) is 0 Å². The van der Waals surface area contributed by atoms with Crippen LogP contribution in [0.15, 0.2) is 0 Å². The second-order valence-corrected chi connectivity index (χ2v) is 9.25. The molecule has 0 aromatic rings. The van der Waals surface area contributed by atoms with Gasteiger partial charge in [-0.25, -0.2) is 0 Å². The van der Waals surface area contributed by atoms with E-state index in [0.717, 1.165) is 11.7 Å². The molecule has 2 aliphatic rings. The lowest BCUT2D eigenvalue weighted by Gasteiger charge is -2.26. The van der Waals surface area contributed by atoms with Crippen LogP contribution in [0.5, 0.6) is 0 Å². The minimum atomic E-state index is -5.84. The smallest absolute Gasteiger partial charge is 0.279 e. The van der Waals surface area contributed by atoms with Crippen molar-refractivity contribution in [1.82, 2.24) is 0 Å². The largest absolute Gasteiger partial charge is 0.522 e. The molecule has 1 aliphatic heterocycles. The zero-order valence-corrected chi connectivity index (χ0v) is 16.6. The van der Waals surface area contributed by atoms with Crippen LogP contribution in [0.1, 0.15) is 89.9 Å². The third-order valence-corrected chi connectivity index (χ3v) is 6.34. The first-order chi connectivity index (χ1) is 12.2.